The van der Waals surface area contributed by atoms with Gasteiger partial charge in [-0.3, -0.25) is 4.79 Å². The van der Waals surface area contributed by atoms with Gasteiger partial charge in [-0.1, -0.05) is 32.9 Å². The first-order valence-electron chi connectivity index (χ1n) is 9.91. The molecule has 0 spiro atoms. The molecule has 27 heavy (non-hydrogen) atoms. The summed E-state index contributed by atoms with van der Waals surface area (Å²) in [6.45, 7) is 9.08. The molecule has 4 heteroatoms. The van der Waals surface area contributed by atoms with Gasteiger partial charge in [-0.05, 0) is 66.6 Å². The fourth-order valence-electron chi connectivity index (χ4n) is 3.38. The highest BCUT2D eigenvalue weighted by Gasteiger charge is 2.13. The van der Waals surface area contributed by atoms with Gasteiger partial charge in [0.05, 0.1) is 6.54 Å². The molecule has 2 aromatic carbocycles. The average molecular weight is 366 g/mol. The predicted octanol–water partition coefficient (Wildman–Crippen LogP) is 5.03. The highest BCUT2D eigenvalue weighted by Crippen LogP contribution is 2.24. The fourth-order valence-corrected chi connectivity index (χ4v) is 3.38. The van der Waals surface area contributed by atoms with Crippen molar-refractivity contribution in [2.45, 2.75) is 45.4 Å². The number of carbonyl (C=O) groups is 1. The minimum Gasteiger partial charge on any atom is -0.376 e. The highest BCUT2D eigenvalue weighted by atomic mass is 16.1. The van der Waals surface area contributed by atoms with Crippen LogP contribution in [0.2, 0.25) is 0 Å². The van der Waals surface area contributed by atoms with Crippen molar-refractivity contribution in [1.82, 2.24) is 0 Å². The molecule has 0 aromatic heterocycles. The zero-order chi connectivity index (χ0) is 19.3. The third-order valence-corrected chi connectivity index (χ3v) is 5.08. The summed E-state index contributed by atoms with van der Waals surface area (Å²) >= 11 is 0. The van der Waals surface area contributed by atoms with Crippen molar-refractivity contribution in [3.05, 3.63) is 54.1 Å². The summed E-state index contributed by atoms with van der Waals surface area (Å²) in [6, 6.07) is 16.4. The Balaban J connectivity index is 1.48. The Kier molecular flexibility index (Phi) is 6.04. The van der Waals surface area contributed by atoms with E-state index in [1.807, 2.05) is 12.1 Å². The zero-order valence-electron chi connectivity index (χ0n) is 16.7. The second-order valence-corrected chi connectivity index (χ2v) is 8.32. The molecule has 2 aromatic rings. The van der Waals surface area contributed by atoms with Crippen LogP contribution in [0, 0.1) is 0 Å². The summed E-state index contributed by atoms with van der Waals surface area (Å²) < 4.78 is 0. The van der Waals surface area contributed by atoms with Crippen molar-refractivity contribution in [2.75, 3.05) is 35.2 Å². The molecule has 0 atom stereocenters. The molecular weight excluding hydrogens is 334 g/mol. The van der Waals surface area contributed by atoms with Gasteiger partial charge in [-0.2, -0.15) is 0 Å². The van der Waals surface area contributed by atoms with Crippen LogP contribution >= 0.6 is 0 Å². The van der Waals surface area contributed by atoms with Crippen molar-refractivity contribution >= 4 is 23.0 Å². The number of amides is 1. The Morgan fingerprint density at radius 1 is 0.889 bits per heavy atom. The maximum Gasteiger partial charge on any atom is 0.243 e. The van der Waals surface area contributed by atoms with E-state index in [2.05, 4.69) is 72.7 Å². The van der Waals surface area contributed by atoms with E-state index in [0.717, 1.165) is 24.5 Å². The van der Waals surface area contributed by atoms with Gasteiger partial charge < -0.3 is 15.5 Å². The second-order valence-electron chi connectivity index (χ2n) is 8.32. The van der Waals surface area contributed by atoms with Gasteiger partial charge in [0.1, 0.15) is 0 Å². The second kappa shape index (κ2) is 8.47. The summed E-state index contributed by atoms with van der Waals surface area (Å²) in [6.07, 6.45) is 3.89. The average Bonchev–Trinajstić information content (AvgIpc) is 2.67. The number of hydrogen-bond donors (Lipinski definition) is 2. The zero-order valence-corrected chi connectivity index (χ0v) is 16.7. The lowest BCUT2D eigenvalue weighted by Crippen LogP contribution is -2.29. The molecule has 0 saturated carbocycles. The Bertz CT molecular complexity index is 739. The number of piperidine rings is 1. The van der Waals surface area contributed by atoms with Crippen LogP contribution in [-0.2, 0) is 10.2 Å². The fraction of sp³-hybridized carbons (Fsp3) is 0.435. The van der Waals surface area contributed by atoms with E-state index in [4.69, 9.17) is 0 Å². The molecule has 1 amide bonds. The quantitative estimate of drug-likeness (QED) is 0.781. The van der Waals surface area contributed by atoms with Crippen LogP contribution < -0.4 is 15.5 Å². The van der Waals surface area contributed by atoms with Crippen molar-refractivity contribution in [1.29, 1.82) is 0 Å². The van der Waals surface area contributed by atoms with E-state index in [0.29, 0.717) is 0 Å². The molecule has 0 unspecified atom stereocenters. The molecule has 0 bridgehead atoms. The predicted molar refractivity (Wildman–Crippen MR) is 115 cm³/mol. The third-order valence-electron chi connectivity index (χ3n) is 5.08. The molecule has 0 aliphatic carbocycles. The maximum atomic E-state index is 12.2. The van der Waals surface area contributed by atoms with E-state index >= 15 is 0 Å². The Labute approximate surface area is 163 Å². The van der Waals surface area contributed by atoms with Crippen LogP contribution in [0.5, 0.6) is 0 Å². The number of hydrogen-bond acceptors (Lipinski definition) is 3. The molecule has 4 nitrogen and oxygen atoms in total. The SMILES string of the molecule is CC(C)(C)c1ccc(NC(=O)CNc2ccc(N3CCCCC3)cc2)cc1. The van der Waals surface area contributed by atoms with Crippen molar-refractivity contribution in [3.63, 3.8) is 0 Å². The molecule has 144 valence electrons. The molecule has 1 saturated heterocycles. The molecule has 0 radical (unpaired) electrons. The van der Waals surface area contributed by atoms with Crippen LogP contribution in [0.25, 0.3) is 0 Å². The summed E-state index contributed by atoms with van der Waals surface area (Å²) in [5.74, 6) is -0.0429. The van der Waals surface area contributed by atoms with Crippen LogP contribution in [-0.4, -0.2) is 25.5 Å². The van der Waals surface area contributed by atoms with Crippen LogP contribution in [0.4, 0.5) is 17.1 Å². The van der Waals surface area contributed by atoms with Gasteiger partial charge in [-0.25, -0.2) is 0 Å². The molecular formula is C23H31N3O. The van der Waals surface area contributed by atoms with E-state index in [1.165, 1.54) is 30.5 Å². The normalized spacial score (nSPS) is 14.7. The van der Waals surface area contributed by atoms with Gasteiger partial charge in [-0.15, -0.1) is 0 Å². The van der Waals surface area contributed by atoms with Gasteiger partial charge in [0.15, 0.2) is 0 Å². The number of benzene rings is 2. The van der Waals surface area contributed by atoms with E-state index in [9.17, 15) is 4.79 Å². The minimum absolute atomic E-state index is 0.0429. The Morgan fingerprint density at radius 3 is 2.07 bits per heavy atom. The summed E-state index contributed by atoms with van der Waals surface area (Å²) in [5.41, 5.74) is 4.44. The first-order chi connectivity index (χ1) is 12.9. The smallest absolute Gasteiger partial charge is 0.243 e. The van der Waals surface area contributed by atoms with Crippen molar-refractivity contribution in [2.24, 2.45) is 0 Å². The first-order valence-corrected chi connectivity index (χ1v) is 9.91. The third kappa shape index (κ3) is 5.49. The molecule has 1 aliphatic heterocycles. The molecule has 1 fully saturated rings. The highest BCUT2D eigenvalue weighted by molar-refractivity contribution is 5.93. The summed E-state index contributed by atoms with van der Waals surface area (Å²) in [7, 11) is 0. The number of carbonyl (C=O) groups excluding carboxylic acids is 1. The lowest BCUT2D eigenvalue weighted by Gasteiger charge is -2.28. The monoisotopic (exact) mass is 365 g/mol. The molecule has 3 rings (SSSR count). The molecule has 2 N–H and O–H groups in total. The van der Waals surface area contributed by atoms with Crippen molar-refractivity contribution in [3.8, 4) is 0 Å². The van der Waals surface area contributed by atoms with Crippen LogP contribution in [0.15, 0.2) is 48.5 Å². The van der Waals surface area contributed by atoms with Crippen LogP contribution in [0.3, 0.4) is 0 Å². The molecule has 1 aliphatic rings. The number of nitrogens with zero attached hydrogens (tertiary/aromatic N) is 1. The lowest BCUT2D eigenvalue weighted by atomic mass is 9.87. The first kappa shape index (κ1) is 19.3. The van der Waals surface area contributed by atoms with E-state index in [-0.39, 0.29) is 17.9 Å². The standard InChI is InChI=1S/C23H31N3O/c1-23(2,3)18-7-9-20(10-8-18)25-22(27)17-24-19-11-13-21(14-12-19)26-15-5-4-6-16-26/h7-14,24H,4-6,15-17H2,1-3H3,(H,25,27). The lowest BCUT2D eigenvalue weighted by molar-refractivity contribution is -0.114. The summed E-state index contributed by atoms with van der Waals surface area (Å²) in [4.78, 5) is 14.6. The Morgan fingerprint density at radius 2 is 1.48 bits per heavy atom. The largest absolute Gasteiger partial charge is 0.376 e. The van der Waals surface area contributed by atoms with Gasteiger partial charge in [0.25, 0.3) is 0 Å². The summed E-state index contributed by atoms with van der Waals surface area (Å²) in [5, 5.41) is 6.14. The minimum atomic E-state index is -0.0429. The van der Waals surface area contributed by atoms with E-state index in [1.54, 1.807) is 0 Å². The van der Waals surface area contributed by atoms with Gasteiger partial charge in [0.2, 0.25) is 5.91 Å². The number of rotatable bonds is 5. The number of anilines is 3. The molecule has 1 heterocycles. The van der Waals surface area contributed by atoms with Crippen LogP contribution in [0.1, 0.15) is 45.6 Å². The van der Waals surface area contributed by atoms with Gasteiger partial charge >= 0.3 is 0 Å². The maximum absolute atomic E-state index is 12.2. The topological polar surface area (TPSA) is 44.4 Å². The van der Waals surface area contributed by atoms with E-state index < -0.39 is 0 Å². The number of nitrogens with one attached hydrogen (secondary N) is 2. The Hall–Kier alpha value is -2.49. The van der Waals surface area contributed by atoms with Gasteiger partial charge in [0, 0.05) is 30.2 Å². The van der Waals surface area contributed by atoms with Crippen molar-refractivity contribution < 1.29 is 4.79 Å².